The van der Waals surface area contributed by atoms with Crippen LogP contribution in [0.2, 0.25) is 0 Å². The Morgan fingerprint density at radius 1 is 0.976 bits per heavy atom. The van der Waals surface area contributed by atoms with Gasteiger partial charge >= 0.3 is 6.03 Å². The van der Waals surface area contributed by atoms with Crippen molar-refractivity contribution in [2.24, 2.45) is 5.92 Å². The summed E-state index contributed by atoms with van der Waals surface area (Å²) in [5, 5.41) is 24.6. The Kier molecular flexibility index (Phi) is 10.2. The van der Waals surface area contributed by atoms with Crippen LogP contribution in [0.1, 0.15) is 53.5 Å². The fourth-order valence-corrected chi connectivity index (χ4v) is 6.98. The summed E-state index contributed by atoms with van der Waals surface area (Å²) >= 11 is 3.25. The van der Waals surface area contributed by atoms with E-state index in [4.69, 9.17) is 9.47 Å². The van der Waals surface area contributed by atoms with Gasteiger partial charge in [-0.1, -0.05) is 103 Å². The Balaban J connectivity index is 1.36. The van der Waals surface area contributed by atoms with Crippen molar-refractivity contribution < 1.29 is 19.4 Å². The van der Waals surface area contributed by atoms with Crippen molar-refractivity contribution in [2.45, 2.75) is 56.8 Å². The maximum atomic E-state index is 12.0. The van der Waals surface area contributed by atoms with Crippen molar-refractivity contribution in [3.63, 3.8) is 0 Å². The Labute approximate surface area is 254 Å². The van der Waals surface area contributed by atoms with Crippen LogP contribution in [-0.4, -0.2) is 39.7 Å². The van der Waals surface area contributed by atoms with Crippen molar-refractivity contribution in [3.8, 4) is 11.1 Å². The Hall–Kier alpha value is -3.28. The van der Waals surface area contributed by atoms with E-state index in [9.17, 15) is 9.90 Å². The number of thioether (sulfide) groups is 1. The third kappa shape index (κ3) is 7.37. The smallest absolute Gasteiger partial charge is 0.315 e. The highest BCUT2D eigenvalue weighted by Crippen LogP contribution is 2.43. The number of ether oxygens (including phenoxy) is 2. The standard InChI is InChI=1S/C32H36N4O4S2/c1-4-33-31(38)34-17-26-7-5-6-8-27(26)23-13-15-25(16-14-23)30-39-28(19-41-32-36-35-21(3)42-32)20(2)29(40-30)24-11-9-22(18-37)10-12-24/h5-16,20,28-30,37H,4,17-19H2,1-3H3,(H2,33,34,38). The van der Waals surface area contributed by atoms with E-state index in [1.165, 1.54) is 0 Å². The molecule has 8 nitrogen and oxygen atoms in total. The van der Waals surface area contributed by atoms with E-state index in [0.717, 1.165) is 48.5 Å². The number of nitrogens with zero attached hydrogens (tertiary/aromatic N) is 2. The highest BCUT2D eigenvalue weighted by Gasteiger charge is 2.38. The predicted octanol–water partition coefficient (Wildman–Crippen LogP) is 6.41. The van der Waals surface area contributed by atoms with Crippen LogP contribution >= 0.6 is 23.1 Å². The quantitative estimate of drug-likeness (QED) is 0.180. The second kappa shape index (κ2) is 14.3. The number of aryl methyl sites for hydroxylation is 1. The molecule has 1 aromatic heterocycles. The number of nitrogens with one attached hydrogen (secondary N) is 2. The molecule has 220 valence electrons. The Morgan fingerprint density at radius 2 is 1.71 bits per heavy atom. The van der Waals surface area contributed by atoms with Crippen LogP contribution < -0.4 is 10.6 Å². The molecule has 1 aliphatic heterocycles. The normalized spacial score (nSPS) is 20.3. The zero-order valence-electron chi connectivity index (χ0n) is 23.9. The zero-order chi connectivity index (χ0) is 29.5. The number of aliphatic hydroxyl groups excluding tert-OH is 1. The minimum absolute atomic E-state index is 0.00506. The summed E-state index contributed by atoms with van der Waals surface area (Å²) < 4.78 is 14.1. The number of amides is 2. The van der Waals surface area contributed by atoms with E-state index in [2.05, 4.69) is 46.0 Å². The summed E-state index contributed by atoms with van der Waals surface area (Å²) in [6.45, 7) is 7.03. The minimum Gasteiger partial charge on any atom is -0.392 e. The van der Waals surface area contributed by atoms with E-state index in [1.807, 2.05) is 68.4 Å². The van der Waals surface area contributed by atoms with Crippen LogP contribution in [0.15, 0.2) is 77.1 Å². The van der Waals surface area contributed by atoms with Gasteiger partial charge in [0.05, 0.1) is 18.8 Å². The maximum Gasteiger partial charge on any atom is 0.315 e. The summed E-state index contributed by atoms with van der Waals surface area (Å²) in [6, 6.07) is 24.1. The zero-order valence-corrected chi connectivity index (χ0v) is 25.6. The molecule has 0 aliphatic carbocycles. The van der Waals surface area contributed by atoms with E-state index >= 15 is 0 Å². The van der Waals surface area contributed by atoms with Crippen LogP contribution in [0, 0.1) is 12.8 Å². The molecule has 1 aliphatic rings. The first kappa shape index (κ1) is 30.2. The molecule has 4 atom stereocenters. The second-order valence-electron chi connectivity index (χ2n) is 10.2. The summed E-state index contributed by atoms with van der Waals surface area (Å²) in [6.07, 6.45) is -0.811. The van der Waals surface area contributed by atoms with Gasteiger partial charge in [0.2, 0.25) is 0 Å². The highest BCUT2D eigenvalue weighted by molar-refractivity contribution is 8.01. The van der Waals surface area contributed by atoms with E-state index in [-0.39, 0.29) is 30.8 Å². The topological polar surface area (TPSA) is 106 Å². The number of aliphatic hydroxyl groups is 1. The lowest BCUT2D eigenvalue weighted by Crippen LogP contribution is -2.38. The average molecular weight is 605 g/mol. The van der Waals surface area contributed by atoms with E-state index in [1.54, 1.807) is 23.1 Å². The number of hydrogen-bond donors (Lipinski definition) is 3. The van der Waals surface area contributed by atoms with Gasteiger partial charge in [-0.05, 0) is 41.7 Å². The van der Waals surface area contributed by atoms with Gasteiger partial charge in [-0.2, -0.15) is 0 Å². The lowest BCUT2D eigenvalue weighted by Gasteiger charge is -2.41. The first-order chi connectivity index (χ1) is 20.4. The number of benzene rings is 3. The second-order valence-corrected chi connectivity index (χ2v) is 12.7. The third-order valence-electron chi connectivity index (χ3n) is 7.29. The molecule has 1 saturated heterocycles. The van der Waals surface area contributed by atoms with Gasteiger partial charge in [-0.25, -0.2) is 4.79 Å². The largest absolute Gasteiger partial charge is 0.392 e. The van der Waals surface area contributed by atoms with E-state index in [0.29, 0.717) is 13.1 Å². The number of urea groups is 1. The van der Waals surface area contributed by atoms with Gasteiger partial charge in [-0.3, -0.25) is 0 Å². The molecule has 0 spiro atoms. The van der Waals surface area contributed by atoms with Gasteiger partial charge in [0.25, 0.3) is 0 Å². The molecule has 0 bridgehead atoms. The molecule has 5 rings (SSSR count). The minimum atomic E-state index is -0.547. The van der Waals surface area contributed by atoms with Gasteiger partial charge < -0.3 is 25.2 Å². The lowest BCUT2D eigenvalue weighted by atomic mass is 9.91. The van der Waals surface area contributed by atoms with Gasteiger partial charge in [-0.15, -0.1) is 10.2 Å². The van der Waals surface area contributed by atoms with Crippen molar-refractivity contribution in [1.29, 1.82) is 0 Å². The van der Waals surface area contributed by atoms with Crippen molar-refractivity contribution in [1.82, 2.24) is 20.8 Å². The fourth-order valence-electron chi connectivity index (χ4n) is 4.97. The Bertz CT molecular complexity index is 1460. The molecule has 3 N–H and O–H groups in total. The summed E-state index contributed by atoms with van der Waals surface area (Å²) in [7, 11) is 0. The molecule has 42 heavy (non-hydrogen) atoms. The molecule has 4 aromatic rings. The third-order valence-corrected chi connectivity index (χ3v) is 9.35. The monoisotopic (exact) mass is 604 g/mol. The fraction of sp³-hybridized carbons (Fsp3) is 0.344. The first-order valence-corrected chi connectivity index (χ1v) is 15.9. The number of rotatable bonds is 10. The molecular formula is C32H36N4O4S2. The van der Waals surface area contributed by atoms with Crippen LogP contribution in [0.4, 0.5) is 4.79 Å². The van der Waals surface area contributed by atoms with Crippen LogP contribution in [0.5, 0.6) is 0 Å². The number of hydrogen-bond acceptors (Lipinski definition) is 8. The molecular weight excluding hydrogens is 569 g/mol. The van der Waals surface area contributed by atoms with Gasteiger partial charge in [0, 0.05) is 30.3 Å². The SMILES string of the molecule is CCNC(=O)NCc1ccccc1-c1ccc(C2OC(CSc3nnc(C)s3)C(C)C(c3ccc(CO)cc3)O2)cc1. The molecule has 0 radical (unpaired) electrons. The molecule has 0 saturated carbocycles. The average Bonchev–Trinajstić information content (AvgIpc) is 3.45. The maximum absolute atomic E-state index is 12.0. The van der Waals surface area contributed by atoms with Crippen LogP contribution in [0.25, 0.3) is 11.1 Å². The summed E-state index contributed by atoms with van der Waals surface area (Å²) in [4.78, 5) is 12.0. The Morgan fingerprint density at radius 3 is 2.40 bits per heavy atom. The molecule has 10 heteroatoms. The highest BCUT2D eigenvalue weighted by atomic mass is 32.2. The van der Waals surface area contributed by atoms with Crippen LogP contribution in [-0.2, 0) is 22.6 Å². The number of carbonyl (C=O) groups excluding carboxylic acids is 1. The predicted molar refractivity (Wildman–Crippen MR) is 166 cm³/mol. The van der Waals surface area contributed by atoms with Crippen molar-refractivity contribution in [3.05, 3.63) is 100 Å². The summed E-state index contributed by atoms with van der Waals surface area (Å²) in [5.74, 6) is 0.816. The number of carbonyl (C=O) groups is 1. The molecule has 2 amide bonds. The molecule has 3 aromatic carbocycles. The molecule has 1 fully saturated rings. The molecule has 4 unspecified atom stereocenters. The molecule has 2 heterocycles. The van der Waals surface area contributed by atoms with Crippen molar-refractivity contribution in [2.75, 3.05) is 12.3 Å². The number of aromatic nitrogens is 2. The van der Waals surface area contributed by atoms with Gasteiger partial charge in [0.1, 0.15) is 5.01 Å². The first-order valence-electron chi connectivity index (χ1n) is 14.1. The summed E-state index contributed by atoms with van der Waals surface area (Å²) in [5.41, 5.74) is 5.99. The van der Waals surface area contributed by atoms with Crippen LogP contribution in [0.3, 0.4) is 0 Å². The van der Waals surface area contributed by atoms with Gasteiger partial charge in [0.15, 0.2) is 10.6 Å². The van der Waals surface area contributed by atoms with Crippen molar-refractivity contribution >= 4 is 29.1 Å². The van der Waals surface area contributed by atoms with E-state index < -0.39 is 6.29 Å². The lowest BCUT2D eigenvalue weighted by molar-refractivity contribution is -0.268.